The average Bonchev–Trinajstić information content (AvgIpc) is 2.75. The van der Waals surface area contributed by atoms with Crippen LogP contribution in [0.2, 0.25) is 0 Å². The van der Waals surface area contributed by atoms with Gasteiger partial charge in [0.1, 0.15) is 0 Å². The van der Waals surface area contributed by atoms with Crippen molar-refractivity contribution in [3.63, 3.8) is 0 Å². The van der Waals surface area contributed by atoms with Gasteiger partial charge >= 0.3 is 0 Å². The molecule has 0 saturated heterocycles. The fraction of sp³-hybridized carbons (Fsp3) is 0.500. The first-order chi connectivity index (χ1) is 8.56. The Morgan fingerprint density at radius 3 is 2.89 bits per heavy atom. The molecule has 0 radical (unpaired) electrons. The summed E-state index contributed by atoms with van der Waals surface area (Å²) in [4.78, 5) is 12.7. The van der Waals surface area contributed by atoms with E-state index in [9.17, 15) is 4.79 Å². The van der Waals surface area contributed by atoms with Gasteiger partial charge in [0.05, 0.1) is 5.56 Å². The fourth-order valence-electron chi connectivity index (χ4n) is 2.34. The van der Waals surface area contributed by atoms with E-state index in [1.165, 1.54) is 12.8 Å². The standard InChI is InChI=1S/C14H17Br2NO/c1-9-2-5-13(16)12(6-9)14(18)17-8-10-3-4-11(15)7-10/h2,5-6,10-11H,3-4,7-8H2,1H3,(H,17,18). The molecular weight excluding hydrogens is 358 g/mol. The number of halogens is 2. The van der Waals surface area contributed by atoms with Crippen molar-refractivity contribution < 1.29 is 4.79 Å². The molecule has 1 aliphatic rings. The number of carbonyl (C=O) groups excluding carboxylic acids is 1. The van der Waals surface area contributed by atoms with Gasteiger partial charge in [-0.25, -0.2) is 0 Å². The van der Waals surface area contributed by atoms with Gasteiger partial charge in [-0.2, -0.15) is 0 Å². The number of nitrogens with one attached hydrogen (secondary N) is 1. The molecule has 1 aliphatic carbocycles. The van der Waals surface area contributed by atoms with E-state index in [0.29, 0.717) is 10.7 Å². The highest BCUT2D eigenvalue weighted by molar-refractivity contribution is 9.10. The number of carbonyl (C=O) groups is 1. The van der Waals surface area contributed by atoms with Crippen molar-refractivity contribution in [2.45, 2.75) is 31.0 Å². The Labute approximate surface area is 125 Å². The van der Waals surface area contributed by atoms with Crippen LogP contribution in [0.25, 0.3) is 0 Å². The van der Waals surface area contributed by atoms with E-state index in [1.807, 2.05) is 25.1 Å². The van der Waals surface area contributed by atoms with Gasteiger partial charge in [-0.3, -0.25) is 4.79 Å². The van der Waals surface area contributed by atoms with Crippen LogP contribution in [-0.4, -0.2) is 17.3 Å². The van der Waals surface area contributed by atoms with Crippen LogP contribution < -0.4 is 5.32 Å². The third kappa shape index (κ3) is 3.58. The number of benzene rings is 1. The summed E-state index contributed by atoms with van der Waals surface area (Å²) in [6.07, 6.45) is 3.58. The molecule has 2 unspecified atom stereocenters. The summed E-state index contributed by atoms with van der Waals surface area (Å²) in [5.41, 5.74) is 1.83. The van der Waals surface area contributed by atoms with E-state index in [4.69, 9.17) is 0 Å². The van der Waals surface area contributed by atoms with Gasteiger partial charge in [0.25, 0.3) is 5.91 Å². The zero-order chi connectivity index (χ0) is 13.1. The lowest BCUT2D eigenvalue weighted by Crippen LogP contribution is -2.28. The molecule has 18 heavy (non-hydrogen) atoms. The summed E-state index contributed by atoms with van der Waals surface area (Å²) in [5.74, 6) is 0.630. The highest BCUT2D eigenvalue weighted by Crippen LogP contribution is 2.30. The molecule has 1 aromatic rings. The minimum absolute atomic E-state index is 0.0172. The summed E-state index contributed by atoms with van der Waals surface area (Å²) in [7, 11) is 0. The van der Waals surface area contributed by atoms with Crippen LogP contribution in [0.5, 0.6) is 0 Å². The second-order valence-corrected chi connectivity index (χ2v) is 7.12. The topological polar surface area (TPSA) is 29.1 Å². The number of rotatable bonds is 3. The molecule has 1 saturated carbocycles. The van der Waals surface area contributed by atoms with E-state index in [0.717, 1.165) is 28.6 Å². The summed E-state index contributed by atoms with van der Waals surface area (Å²) < 4.78 is 0.857. The quantitative estimate of drug-likeness (QED) is 0.794. The lowest BCUT2D eigenvalue weighted by molar-refractivity contribution is 0.0946. The molecule has 0 aromatic heterocycles. The third-order valence-electron chi connectivity index (χ3n) is 3.40. The molecule has 1 amide bonds. The van der Waals surface area contributed by atoms with Gasteiger partial charge in [-0.1, -0.05) is 27.6 Å². The summed E-state index contributed by atoms with van der Waals surface area (Å²) >= 11 is 7.06. The van der Waals surface area contributed by atoms with Crippen molar-refractivity contribution in [1.29, 1.82) is 0 Å². The van der Waals surface area contributed by atoms with Crippen LogP contribution in [-0.2, 0) is 0 Å². The number of alkyl halides is 1. The first-order valence-electron chi connectivity index (χ1n) is 6.24. The molecule has 2 atom stereocenters. The first-order valence-corrected chi connectivity index (χ1v) is 7.95. The Balaban J connectivity index is 1.93. The van der Waals surface area contributed by atoms with Crippen molar-refractivity contribution in [3.8, 4) is 0 Å². The van der Waals surface area contributed by atoms with Crippen LogP contribution in [0, 0.1) is 12.8 Å². The molecule has 2 rings (SSSR count). The number of amides is 1. The molecule has 98 valence electrons. The molecule has 1 aromatic carbocycles. The molecule has 0 aliphatic heterocycles. The van der Waals surface area contributed by atoms with Crippen LogP contribution >= 0.6 is 31.9 Å². The lowest BCUT2D eigenvalue weighted by Gasteiger charge is -2.12. The SMILES string of the molecule is Cc1ccc(Br)c(C(=O)NCC2CCC(Br)C2)c1. The molecule has 0 heterocycles. The Morgan fingerprint density at radius 1 is 1.44 bits per heavy atom. The van der Waals surface area contributed by atoms with Crippen molar-refractivity contribution >= 4 is 37.8 Å². The highest BCUT2D eigenvalue weighted by atomic mass is 79.9. The van der Waals surface area contributed by atoms with E-state index in [-0.39, 0.29) is 5.91 Å². The van der Waals surface area contributed by atoms with E-state index >= 15 is 0 Å². The Bertz CT molecular complexity index is 447. The van der Waals surface area contributed by atoms with Crippen LogP contribution in [0.15, 0.2) is 22.7 Å². The largest absolute Gasteiger partial charge is 0.352 e. The predicted molar refractivity (Wildman–Crippen MR) is 81.3 cm³/mol. The van der Waals surface area contributed by atoms with Gasteiger partial charge in [0.2, 0.25) is 0 Å². The maximum atomic E-state index is 12.1. The monoisotopic (exact) mass is 373 g/mol. The number of hydrogen-bond donors (Lipinski definition) is 1. The van der Waals surface area contributed by atoms with Crippen LogP contribution in [0.4, 0.5) is 0 Å². The van der Waals surface area contributed by atoms with Crippen molar-refractivity contribution in [3.05, 3.63) is 33.8 Å². The molecule has 0 spiro atoms. The molecule has 1 N–H and O–H groups in total. The first kappa shape index (κ1) is 14.1. The zero-order valence-electron chi connectivity index (χ0n) is 10.4. The minimum atomic E-state index is 0.0172. The van der Waals surface area contributed by atoms with Gasteiger partial charge < -0.3 is 5.32 Å². The smallest absolute Gasteiger partial charge is 0.252 e. The maximum Gasteiger partial charge on any atom is 0.252 e. The van der Waals surface area contributed by atoms with E-state index < -0.39 is 0 Å². The maximum absolute atomic E-state index is 12.1. The van der Waals surface area contributed by atoms with Gasteiger partial charge in [0, 0.05) is 15.8 Å². The summed E-state index contributed by atoms with van der Waals surface area (Å²) in [6, 6.07) is 5.84. The van der Waals surface area contributed by atoms with Crippen molar-refractivity contribution in [2.75, 3.05) is 6.54 Å². The number of hydrogen-bond acceptors (Lipinski definition) is 1. The van der Waals surface area contributed by atoms with Crippen LogP contribution in [0.3, 0.4) is 0 Å². The lowest BCUT2D eigenvalue weighted by atomic mass is 10.1. The normalized spacial score (nSPS) is 23.1. The van der Waals surface area contributed by atoms with Gasteiger partial charge in [-0.15, -0.1) is 0 Å². The van der Waals surface area contributed by atoms with Gasteiger partial charge in [-0.05, 0) is 60.2 Å². The highest BCUT2D eigenvalue weighted by Gasteiger charge is 2.23. The molecule has 1 fully saturated rings. The zero-order valence-corrected chi connectivity index (χ0v) is 13.6. The third-order valence-corrected chi connectivity index (χ3v) is 4.92. The molecule has 4 heteroatoms. The Morgan fingerprint density at radius 2 is 2.22 bits per heavy atom. The second-order valence-electron chi connectivity index (χ2n) is 4.97. The number of aryl methyl sites for hydroxylation is 1. The van der Waals surface area contributed by atoms with E-state index in [2.05, 4.69) is 37.2 Å². The average molecular weight is 375 g/mol. The Hall–Kier alpha value is -0.350. The molecule has 2 nitrogen and oxygen atoms in total. The van der Waals surface area contributed by atoms with Crippen LogP contribution in [0.1, 0.15) is 35.2 Å². The molecular formula is C14H17Br2NO. The van der Waals surface area contributed by atoms with Gasteiger partial charge in [0.15, 0.2) is 0 Å². The summed E-state index contributed by atoms with van der Waals surface area (Å²) in [5, 5.41) is 3.04. The summed E-state index contributed by atoms with van der Waals surface area (Å²) in [6.45, 7) is 2.77. The van der Waals surface area contributed by atoms with Crippen molar-refractivity contribution in [2.24, 2.45) is 5.92 Å². The van der Waals surface area contributed by atoms with E-state index in [1.54, 1.807) is 0 Å². The fourth-order valence-corrected chi connectivity index (χ4v) is 3.56. The van der Waals surface area contributed by atoms with Crippen molar-refractivity contribution in [1.82, 2.24) is 5.32 Å². The minimum Gasteiger partial charge on any atom is -0.352 e. The predicted octanol–water partition coefficient (Wildman–Crippen LogP) is 4.05. The molecule has 0 bridgehead atoms. The second kappa shape index (κ2) is 6.20. The Kier molecular flexibility index (Phi) is 4.84.